The van der Waals surface area contributed by atoms with E-state index in [2.05, 4.69) is 27.6 Å². The second kappa shape index (κ2) is 7.45. The number of rotatable bonds is 6. The molecule has 0 saturated heterocycles. The zero-order chi connectivity index (χ0) is 16.8. The number of carbonyl (C=O) groups is 1. The van der Waals surface area contributed by atoms with Crippen LogP contribution in [0.5, 0.6) is 0 Å². The third-order valence-electron chi connectivity index (χ3n) is 3.57. The molecule has 3 aromatic rings. The van der Waals surface area contributed by atoms with E-state index < -0.39 is 0 Å². The van der Waals surface area contributed by atoms with E-state index in [9.17, 15) is 4.79 Å². The standard InChI is InChI=1S/C17H20N6O/c1-14(13-22-10-5-8-20-22)12-19-17(24)21-16-18-9-11-23(16)15-6-3-2-4-7-15/h2-11,14H,12-13H2,1H3,(H2,18,19,21,24)/t14-/m0/s1. The van der Waals surface area contributed by atoms with Crippen LogP contribution in [-0.4, -0.2) is 31.9 Å². The molecule has 0 fully saturated rings. The number of nitrogens with one attached hydrogen (secondary N) is 2. The Morgan fingerprint density at radius 3 is 2.75 bits per heavy atom. The van der Waals surface area contributed by atoms with Crippen LogP contribution < -0.4 is 10.6 Å². The van der Waals surface area contributed by atoms with Crippen LogP contribution in [0.15, 0.2) is 61.2 Å². The molecule has 2 amide bonds. The Balaban J connectivity index is 1.53. The highest BCUT2D eigenvalue weighted by Gasteiger charge is 2.10. The van der Waals surface area contributed by atoms with Gasteiger partial charge in [0.2, 0.25) is 5.95 Å². The lowest BCUT2D eigenvalue weighted by Gasteiger charge is -2.14. The number of hydrogen-bond donors (Lipinski definition) is 2. The van der Waals surface area contributed by atoms with E-state index in [0.717, 1.165) is 12.2 Å². The molecule has 0 aliphatic carbocycles. The highest BCUT2D eigenvalue weighted by molar-refractivity contribution is 5.87. The van der Waals surface area contributed by atoms with Crippen LogP contribution in [0.3, 0.4) is 0 Å². The summed E-state index contributed by atoms with van der Waals surface area (Å²) in [6.45, 7) is 3.37. The monoisotopic (exact) mass is 324 g/mol. The Labute approximate surface area is 140 Å². The molecule has 24 heavy (non-hydrogen) atoms. The summed E-state index contributed by atoms with van der Waals surface area (Å²) in [6, 6.07) is 11.4. The summed E-state index contributed by atoms with van der Waals surface area (Å²) >= 11 is 0. The van der Waals surface area contributed by atoms with Gasteiger partial charge < -0.3 is 5.32 Å². The number of nitrogens with zero attached hydrogens (tertiary/aromatic N) is 4. The van der Waals surface area contributed by atoms with E-state index in [1.165, 1.54) is 0 Å². The molecule has 0 spiro atoms. The average Bonchev–Trinajstić information content (AvgIpc) is 3.26. The van der Waals surface area contributed by atoms with Gasteiger partial charge >= 0.3 is 6.03 Å². The molecule has 0 radical (unpaired) electrons. The maximum absolute atomic E-state index is 12.1. The first-order valence-electron chi connectivity index (χ1n) is 7.83. The Hall–Kier alpha value is -3.09. The second-order valence-corrected chi connectivity index (χ2v) is 5.62. The lowest BCUT2D eigenvalue weighted by Crippen LogP contribution is -2.34. The largest absolute Gasteiger partial charge is 0.337 e. The first-order chi connectivity index (χ1) is 11.7. The molecule has 7 nitrogen and oxygen atoms in total. The molecule has 0 aliphatic rings. The van der Waals surface area contributed by atoms with Crippen molar-refractivity contribution < 1.29 is 4.79 Å². The van der Waals surface area contributed by atoms with Crippen LogP contribution in [0.25, 0.3) is 5.69 Å². The Bertz CT molecular complexity index is 766. The van der Waals surface area contributed by atoms with Gasteiger partial charge in [0.15, 0.2) is 0 Å². The average molecular weight is 324 g/mol. The van der Waals surface area contributed by atoms with Crippen molar-refractivity contribution in [2.75, 3.05) is 11.9 Å². The van der Waals surface area contributed by atoms with Gasteiger partial charge in [-0.05, 0) is 24.1 Å². The van der Waals surface area contributed by atoms with Gasteiger partial charge in [-0.25, -0.2) is 9.78 Å². The Morgan fingerprint density at radius 1 is 1.17 bits per heavy atom. The van der Waals surface area contributed by atoms with Crippen LogP contribution >= 0.6 is 0 Å². The van der Waals surface area contributed by atoms with Crippen molar-refractivity contribution >= 4 is 12.0 Å². The number of urea groups is 1. The zero-order valence-corrected chi connectivity index (χ0v) is 13.5. The predicted molar refractivity (Wildman–Crippen MR) is 92.0 cm³/mol. The van der Waals surface area contributed by atoms with Crippen molar-refractivity contribution in [1.29, 1.82) is 0 Å². The fourth-order valence-electron chi connectivity index (χ4n) is 2.40. The van der Waals surface area contributed by atoms with Gasteiger partial charge in [0.05, 0.1) is 0 Å². The molecule has 124 valence electrons. The molecule has 1 atom stereocenters. The van der Waals surface area contributed by atoms with E-state index in [1.54, 1.807) is 12.4 Å². The molecule has 0 bridgehead atoms. The van der Waals surface area contributed by atoms with E-state index >= 15 is 0 Å². The molecule has 0 unspecified atom stereocenters. The second-order valence-electron chi connectivity index (χ2n) is 5.62. The van der Waals surface area contributed by atoms with Crippen LogP contribution in [-0.2, 0) is 6.54 Å². The lowest BCUT2D eigenvalue weighted by atomic mass is 10.2. The summed E-state index contributed by atoms with van der Waals surface area (Å²) in [7, 11) is 0. The lowest BCUT2D eigenvalue weighted by molar-refractivity contribution is 0.249. The predicted octanol–water partition coefficient (Wildman–Crippen LogP) is 2.53. The van der Waals surface area contributed by atoms with Gasteiger partial charge in [0, 0.05) is 43.6 Å². The quantitative estimate of drug-likeness (QED) is 0.731. The van der Waals surface area contributed by atoms with Gasteiger partial charge in [-0.3, -0.25) is 14.6 Å². The van der Waals surface area contributed by atoms with Gasteiger partial charge in [0.25, 0.3) is 0 Å². The van der Waals surface area contributed by atoms with Crippen LogP contribution in [0.4, 0.5) is 10.7 Å². The molecular weight excluding hydrogens is 304 g/mol. The fraction of sp³-hybridized carbons (Fsp3) is 0.235. The third kappa shape index (κ3) is 4.01. The molecule has 2 N–H and O–H groups in total. The van der Waals surface area contributed by atoms with Crippen LogP contribution in [0, 0.1) is 5.92 Å². The summed E-state index contributed by atoms with van der Waals surface area (Å²) in [5.41, 5.74) is 0.942. The number of carbonyl (C=O) groups excluding carboxylic acids is 1. The van der Waals surface area contributed by atoms with Crippen molar-refractivity contribution in [1.82, 2.24) is 24.6 Å². The molecule has 0 saturated carbocycles. The minimum atomic E-state index is -0.273. The summed E-state index contributed by atoms with van der Waals surface area (Å²) in [4.78, 5) is 16.3. The van der Waals surface area contributed by atoms with E-state index in [4.69, 9.17) is 0 Å². The molecule has 7 heteroatoms. The minimum absolute atomic E-state index is 0.268. The number of benzene rings is 1. The van der Waals surface area contributed by atoms with Crippen molar-refractivity contribution in [3.05, 3.63) is 61.2 Å². The Morgan fingerprint density at radius 2 is 2.00 bits per heavy atom. The highest BCUT2D eigenvalue weighted by atomic mass is 16.2. The van der Waals surface area contributed by atoms with Gasteiger partial charge in [-0.2, -0.15) is 5.10 Å². The number of aromatic nitrogens is 4. The first kappa shape index (κ1) is 15.8. The Kier molecular flexibility index (Phi) is 4.90. The summed E-state index contributed by atoms with van der Waals surface area (Å²) in [5.74, 6) is 0.753. The normalized spacial score (nSPS) is 11.9. The van der Waals surface area contributed by atoms with Crippen molar-refractivity contribution in [3.63, 3.8) is 0 Å². The van der Waals surface area contributed by atoms with Crippen molar-refractivity contribution in [2.45, 2.75) is 13.5 Å². The number of imidazole rings is 1. The number of hydrogen-bond acceptors (Lipinski definition) is 3. The van der Waals surface area contributed by atoms with Gasteiger partial charge in [0.1, 0.15) is 0 Å². The SMILES string of the molecule is C[C@@H](CNC(=O)Nc1nccn1-c1ccccc1)Cn1cccn1. The first-order valence-corrected chi connectivity index (χ1v) is 7.83. The van der Waals surface area contributed by atoms with Crippen molar-refractivity contribution in [3.8, 4) is 5.69 Å². The molecule has 0 aliphatic heterocycles. The minimum Gasteiger partial charge on any atom is -0.337 e. The number of anilines is 1. The maximum atomic E-state index is 12.1. The molecule has 1 aromatic carbocycles. The topological polar surface area (TPSA) is 76.8 Å². The summed E-state index contributed by atoms with van der Waals surface area (Å²) < 4.78 is 3.68. The van der Waals surface area contributed by atoms with Crippen LogP contribution in [0.1, 0.15) is 6.92 Å². The van der Waals surface area contributed by atoms with Gasteiger partial charge in [-0.1, -0.05) is 25.1 Å². The molecule has 3 rings (SSSR count). The van der Waals surface area contributed by atoms with E-state index in [0.29, 0.717) is 12.5 Å². The molecule has 2 aromatic heterocycles. The fourth-order valence-corrected chi connectivity index (χ4v) is 2.40. The number of para-hydroxylation sites is 1. The molecular formula is C17H20N6O. The zero-order valence-electron chi connectivity index (χ0n) is 13.5. The number of amides is 2. The summed E-state index contributed by atoms with van der Waals surface area (Å²) in [5, 5.41) is 9.81. The smallest absolute Gasteiger partial charge is 0.321 e. The van der Waals surface area contributed by atoms with Crippen molar-refractivity contribution in [2.24, 2.45) is 5.92 Å². The van der Waals surface area contributed by atoms with Gasteiger partial charge in [-0.15, -0.1) is 0 Å². The third-order valence-corrected chi connectivity index (χ3v) is 3.57. The van der Waals surface area contributed by atoms with Crippen LogP contribution in [0.2, 0.25) is 0 Å². The van der Waals surface area contributed by atoms with E-state index in [1.807, 2.05) is 58.0 Å². The van der Waals surface area contributed by atoms with E-state index in [-0.39, 0.29) is 11.9 Å². The summed E-state index contributed by atoms with van der Waals surface area (Å²) in [6.07, 6.45) is 7.12. The molecule has 2 heterocycles. The maximum Gasteiger partial charge on any atom is 0.321 e. The highest BCUT2D eigenvalue weighted by Crippen LogP contribution is 2.13.